The third kappa shape index (κ3) is 5.43. The van der Waals surface area contributed by atoms with E-state index in [0.29, 0.717) is 36.3 Å². The van der Waals surface area contributed by atoms with Gasteiger partial charge in [0.1, 0.15) is 17.1 Å². The zero-order chi connectivity index (χ0) is 26.2. The molecule has 4 aliphatic heterocycles. The number of benzene rings is 2. The van der Waals surface area contributed by atoms with Crippen molar-refractivity contribution in [2.75, 3.05) is 6.61 Å². The summed E-state index contributed by atoms with van der Waals surface area (Å²) >= 11 is 0. The summed E-state index contributed by atoms with van der Waals surface area (Å²) in [6.07, 6.45) is 4.68. The summed E-state index contributed by atoms with van der Waals surface area (Å²) in [6.45, 7) is 6.61. The van der Waals surface area contributed by atoms with Crippen molar-refractivity contribution in [1.82, 2.24) is 15.5 Å². The van der Waals surface area contributed by atoms with Gasteiger partial charge in [-0.05, 0) is 69.9 Å². The van der Waals surface area contributed by atoms with E-state index in [4.69, 9.17) is 14.9 Å². The molecule has 8 nitrogen and oxygen atoms in total. The zero-order valence-electron chi connectivity index (χ0n) is 21.9. The lowest BCUT2D eigenvalue weighted by molar-refractivity contribution is -0.129. The summed E-state index contributed by atoms with van der Waals surface area (Å²) in [6, 6.07) is 11.4. The summed E-state index contributed by atoms with van der Waals surface area (Å²) in [4.78, 5) is 28.0. The molecule has 0 saturated carbocycles. The van der Waals surface area contributed by atoms with Crippen molar-refractivity contribution in [3.63, 3.8) is 0 Å². The monoisotopic (exact) mass is 504 g/mol. The van der Waals surface area contributed by atoms with Gasteiger partial charge in [-0.1, -0.05) is 18.6 Å². The molecular weight excluding hydrogens is 468 g/mol. The molecule has 0 aliphatic carbocycles. The molecule has 3 N–H and O–H groups in total. The molecule has 196 valence electrons. The van der Waals surface area contributed by atoms with Gasteiger partial charge in [0.05, 0.1) is 19.2 Å². The van der Waals surface area contributed by atoms with Gasteiger partial charge in [0.25, 0.3) is 5.91 Å². The molecule has 0 radical (unpaired) electrons. The van der Waals surface area contributed by atoms with Crippen molar-refractivity contribution < 1.29 is 19.1 Å². The maximum atomic E-state index is 13.5. The topological polar surface area (TPSA) is 104 Å². The molecule has 6 bridgehead atoms. The van der Waals surface area contributed by atoms with Gasteiger partial charge in [0, 0.05) is 35.6 Å². The van der Waals surface area contributed by atoms with E-state index in [1.54, 1.807) is 18.2 Å². The predicted octanol–water partition coefficient (Wildman–Crippen LogP) is 4.47. The normalized spacial score (nSPS) is 23.3. The van der Waals surface area contributed by atoms with Crippen LogP contribution < -0.4 is 20.1 Å². The highest BCUT2D eigenvalue weighted by Gasteiger charge is 2.35. The molecule has 4 heterocycles. The Hall–Kier alpha value is -3.55. The quantitative estimate of drug-likeness (QED) is 0.560. The molecule has 2 aromatic carbocycles. The predicted molar refractivity (Wildman–Crippen MR) is 141 cm³/mol. The SMILES string of the molecule is CCOc1ccc2cc1CN1C(=N)NC(CCCCc3ccc4c(c3)C(CC(C)(C)O4)NC2=O)CC1=O. The first-order chi connectivity index (χ1) is 17.7. The second-order valence-electron chi connectivity index (χ2n) is 10.8. The van der Waals surface area contributed by atoms with Gasteiger partial charge in [-0.15, -0.1) is 0 Å². The molecule has 1 fully saturated rings. The maximum Gasteiger partial charge on any atom is 0.251 e. The number of carbonyl (C=O) groups excluding carboxylic acids is 2. The number of carbonyl (C=O) groups is 2. The van der Waals surface area contributed by atoms with Crippen LogP contribution in [0, 0.1) is 5.41 Å². The Kier molecular flexibility index (Phi) is 6.84. The Bertz CT molecular complexity index is 1210. The number of ether oxygens (including phenoxy) is 2. The minimum Gasteiger partial charge on any atom is -0.494 e. The van der Waals surface area contributed by atoms with Crippen LogP contribution in [0.2, 0.25) is 0 Å². The zero-order valence-corrected chi connectivity index (χ0v) is 21.9. The highest BCUT2D eigenvalue weighted by molar-refractivity contribution is 5.98. The van der Waals surface area contributed by atoms with Gasteiger partial charge in [-0.2, -0.15) is 0 Å². The van der Waals surface area contributed by atoms with E-state index >= 15 is 0 Å². The lowest BCUT2D eigenvalue weighted by Gasteiger charge is -2.38. The molecule has 1 saturated heterocycles. The minimum atomic E-state index is -0.409. The average Bonchev–Trinajstić information content (AvgIpc) is 2.84. The minimum absolute atomic E-state index is 0.0397. The van der Waals surface area contributed by atoms with Crippen LogP contribution in [0.4, 0.5) is 0 Å². The van der Waals surface area contributed by atoms with E-state index < -0.39 is 5.60 Å². The van der Waals surface area contributed by atoms with Gasteiger partial charge in [-0.25, -0.2) is 0 Å². The van der Waals surface area contributed by atoms with Crippen molar-refractivity contribution in [3.8, 4) is 11.5 Å². The molecule has 2 amide bonds. The fourth-order valence-corrected chi connectivity index (χ4v) is 5.57. The summed E-state index contributed by atoms with van der Waals surface area (Å²) < 4.78 is 12.1. The maximum absolute atomic E-state index is 13.5. The smallest absolute Gasteiger partial charge is 0.251 e. The summed E-state index contributed by atoms with van der Waals surface area (Å²) in [5.41, 5.74) is 3.00. The Morgan fingerprint density at radius 2 is 1.97 bits per heavy atom. The van der Waals surface area contributed by atoms with Crippen LogP contribution in [-0.4, -0.2) is 40.9 Å². The number of fused-ring (bicyclic) bond motifs is 6. The number of nitrogens with one attached hydrogen (secondary N) is 3. The van der Waals surface area contributed by atoms with Gasteiger partial charge in [-0.3, -0.25) is 19.9 Å². The number of amides is 2. The number of nitrogens with zero attached hydrogens (tertiary/aromatic N) is 1. The second-order valence-corrected chi connectivity index (χ2v) is 10.8. The molecule has 2 aromatic rings. The van der Waals surface area contributed by atoms with Gasteiger partial charge in [0.15, 0.2) is 5.96 Å². The molecule has 0 aromatic heterocycles. The molecule has 2 unspecified atom stereocenters. The number of guanidine groups is 1. The first kappa shape index (κ1) is 25.1. The fourth-order valence-electron chi connectivity index (χ4n) is 5.57. The van der Waals surface area contributed by atoms with Crippen LogP contribution in [0.1, 0.15) is 86.0 Å². The van der Waals surface area contributed by atoms with E-state index in [9.17, 15) is 9.59 Å². The van der Waals surface area contributed by atoms with E-state index in [1.807, 2.05) is 26.8 Å². The second kappa shape index (κ2) is 10.1. The summed E-state index contributed by atoms with van der Waals surface area (Å²) in [5, 5.41) is 15.0. The van der Waals surface area contributed by atoms with E-state index in [0.717, 1.165) is 37.0 Å². The third-order valence-corrected chi connectivity index (χ3v) is 7.39. The highest BCUT2D eigenvalue weighted by Crippen LogP contribution is 2.40. The van der Waals surface area contributed by atoms with Crippen molar-refractivity contribution >= 4 is 17.8 Å². The van der Waals surface area contributed by atoms with Crippen LogP contribution in [0.3, 0.4) is 0 Å². The first-order valence-electron chi connectivity index (χ1n) is 13.3. The number of hydrogen-bond acceptors (Lipinski definition) is 5. The Balaban J connectivity index is 1.53. The van der Waals surface area contributed by atoms with Gasteiger partial charge in [0.2, 0.25) is 5.91 Å². The molecule has 0 spiro atoms. The Morgan fingerprint density at radius 3 is 2.76 bits per heavy atom. The molecule has 6 rings (SSSR count). The van der Waals surface area contributed by atoms with Gasteiger partial charge >= 0.3 is 0 Å². The van der Waals surface area contributed by atoms with Crippen LogP contribution in [0.5, 0.6) is 11.5 Å². The Morgan fingerprint density at radius 1 is 1.14 bits per heavy atom. The van der Waals surface area contributed by atoms with E-state index in [2.05, 4.69) is 22.8 Å². The average molecular weight is 505 g/mol. The molecule has 2 atom stereocenters. The standard InChI is InChI=1S/C29H36N4O4/c1-4-36-24-12-10-19-14-20(24)17-33-26(34)15-21(31-28(33)30)8-6-5-7-18-9-11-25-22(13-18)23(32-27(19)35)16-29(2,3)37-25/h9-14,21,23H,4-8,15-17H2,1-3H3,(H2,30,31)(H,32,35). The lowest BCUT2D eigenvalue weighted by atomic mass is 9.88. The summed E-state index contributed by atoms with van der Waals surface area (Å²) in [5.74, 6) is 1.25. The summed E-state index contributed by atoms with van der Waals surface area (Å²) in [7, 11) is 0. The lowest BCUT2D eigenvalue weighted by Crippen LogP contribution is -2.54. The Labute approximate surface area is 218 Å². The number of aryl methyl sites for hydroxylation is 1. The van der Waals surface area contributed by atoms with Crippen molar-refractivity contribution in [1.29, 1.82) is 5.41 Å². The van der Waals surface area contributed by atoms with Gasteiger partial charge < -0.3 is 20.1 Å². The van der Waals surface area contributed by atoms with E-state index in [1.165, 1.54) is 10.5 Å². The van der Waals surface area contributed by atoms with E-state index in [-0.39, 0.29) is 36.4 Å². The third-order valence-electron chi connectivity index (χ3n) is 7.39. The van der Waals surface area contributed by atoms with Crippen LogP contribution >= 0.6 is 0 Å². The van der Waals surface area contributed by atoms with Crippen molar-refractivity contribution in [3.05, 3.63) is 58.7 Å². The largest absolute Gasteiger partial charge is 0.494 e. The first-order valence-corrected chi connectivity index (χ1v) is 13.3. The van der Waals surface area contributed by atoms with Crippen molar-refractivity contribution in [2.45, 2.75) is 83.5 Å². The fraction of sp³-hybridized carbons (Fsp3) is 0.483. The molecule has 4 aliphatic rings. The molecule has 8 heteroatoms. The van der Waals surface area contributed by atoms with Crippen LogP contribution in [0.15, 0.2) is 36.4 Å². The highest BCUT2D eigenvalue weighted by atomic mass is 16.5. The molecule has 37 heavy (non-hydrogen) atoms. The van der Waals surface area contributed by atoms with Crippen molar-refractivity contribution in [2.24, 2.45) is 0 Å². The van der Waals surface area contributed by atoms with Crippen LogP contribution in [-0.2, 0) is 17.8 Å². The van der Waals surface area contributed by atoms with Crippen LogP contribution in [0.25, 0.3) is 0 Å². The number of hydrogen-bond donors (Lipinski definition) is 3. The molecular formula is C29H36N4O4. The number of rotatable bonds is 2.